The largest absolute Gasteiger partial charge is 0.493 e. The number of carbonyl (C=O) groups excluding carboxylic acids is 2. The summed E-state index contributed by atoms with van der Waals surface area (Å²) in [5, 5.41) is 10.2. The molecule has 0 unspecified atom stereocenters. The van der Waals surface area contributed by atoms with E-state index in [0.29, 0.717) is 59.1 Å². The van der Waals surface area contributed by atoms with E-state index in [1.165, 1.54) is 6.92 Å². The zero-order valence-electron chi connectivity index (χ0n) is 26.0. The van der Waals surface area contributed by atoms with E-state index < -0.39 is 12.1 Å². The summed E-state index contributed by atoms with van der Waals surface area (Å²) in [4.78, 5) is 43.0. The number of methoxy groups -OCH3 is 3. The molecule has 4 N–H and O–H groups in total. The number of aromatic nitrogens is 1. The zero-order chi connectivity index (χ0) is 32.1. The van der Waals surface area contributed by atoms with Crippen LogP contribution in [0.2, 0.25) is 0 Å². The maximum atomic E-state index is 13.9. The first-order chi connectivity index (χ1) is 21.8. The van der Waals surface area contributed by atoms with Crippen molar-refractivity contribution in [2.24, 2.45) is 0 Å². The van der Waals surface area contributed by atoms with Crippen LogP contribution in [0.5, 0.6) is 17.2 Å². The average Bonchev–Trinajstić information content (AvgIpc) is 3.41. The monoisotopic (exact) mass is 630 g/mol. The molecular formula is C34H38N4O6S. The van der Waals surface area contributed by atoms with E-state index in [2.05, 4.69) is 20.9 Å². The van der Waals surface area contributed by atoms with E-state index in [-0.39, 0.29) is 22.9 Å². The molecule has 0 saturated heterocycles. The average molecular weight is 631 g/mol. The van der Waals surface area contributed by atoms with Gasteiger partial charge < -0.3 is 35.1 Å². The van der Waals surface area contributed by atoms with Crippen LogP contribution in [-0.2, 0) is 16.0 Å². The summed E-state index contributed by atoms with van der Waals surface area (Å²) in [6.07, 6.45) is 5.45. The minimum Gasteiger partial charge on any atom is -0.493 e. The number of benzene rings is 2. The van der Waals surface area contributed by atoms with Gasteiger partial charge in [-0.05, 0) is 84.4 Å². The van der Waals surface area contributed by atoms with Gasteiger partial charge in [-0.1, -0.05) is 12.1 Å². The van der Waals surface area contributed by atoms with Gasteiger partial charge in [0.2, 0.25) is 23.0 Å². The molecule has 0 aliphatic heterocycles. The van der Waals surface area contributed by atoms with Crippen LogP contribution in [0.15, 0.2) is 59.5 Å². The van der Waals surface area contributed by atoms with Crippen LogP contribution in [-0.4, -0.2) is 56.2 Å². The third-order valence-electron chi connectivity index (χ3n) is 8.03. The van der Waals surface area contributed by atoms with Crippen LogP contribution in [0.1, 0.15) is 36.9 Å². The smallest absolute Gasteiger partial charge is 0.246 e. The Morgan fingerprint density at radius 3 is 2.53 bits per heavy atom. The van der Waals surface area contributed by atoms with Crippen LogP contribution in [0.3, 0.4) is 0 Å². The van der Waals surface area contributed by atoms with E-state index in [1.54, 1.807) is 45.2 Å². The highest BCUT2D eigenvalue weighted by Crippen LogP contribution is 2.50. The lowest BCUT2D eigenvalue weighted by Gasteiger charge is -2.19. The minimum atomic E-state index is -0.682. The lowest BCUT2D eigenvalue weighted by molar-refractivity contribution is -0.120. The third-order valence-corrected chi connectivity index (χ3v) is 8.67. The van der Waals surface area contributed by atoms with Crippen LogP contribution >= 0.6 is 11.8 Å². The van der Waals surface area contributed by atoms with E-state index in [1.807, 2.05) is 48.9 Å². The molecule has 45 heavy (non-hydrogen) atoms. The maximum Gasteiger partial charge on any atom is 0.246 e. The summed E-state index contributed by atoms with van der Waals surface area (Å²) in [5.41, 5.74) is 4.63. The number of aromatic amines is 1. The number of hydrogen-bond donors (Lipinski definition) is 4. The standard InChI is InChI=1S/C34H38N4O6S/c1-19(39)36-26-11-9-20-17-30(42-2)32(43-3)33(44-4)31(20)21-10-12-27(29(40)18-23(21)26)37-28(14-16-45-5)34(41)38-25-8-6-7-24-22(25)13-15-35-24/h6-8,10,12-13,15,17-18,26,28,35H,9,11,14,16H2,1-5H3,(H,36,39)(H,37,40)(H,38,41)/t26-,28-/m0/s1. The summed E-state index contributed by atoms with van der Waals surface area (Å²) in [7, 11) is 4.67. The number of carbonyl (C=O) groups is 2. The van der Waals surface area contributed by atoms with Gasteiger partial charge in [0.05, 0.1) is 38.7 Å². The molecule has 236 valence electrons. The van der Waals surface area contributed by atoms with Crippen molar-refractivity contribution < 1.29 is 23.8 Å². The molecule has 0 fully saturated rings. The second-order valence-corrected chi connectivity index (χ2v) is 11.8. The predicted octanol–water partition coefficient (Wildman–Crippen LogP) is 5.52. The van der Waals surface area contributed by atoms with E-state index in [0.717, 1.165) is 22.0 Å². The minimum absolute atomic E-state index is 0.206. The normalized spacial score (nSPS) is 14.4. The number of ether oxygens (including phenoxy) is 3. The van der Waals surface area contributed by atoms with Crippen LogP contribution in [0.25, 0.3) is 22.0 Å². The van der Waals surface area contributed by atoms with Crippen LogP contribution < -0.4 is 35.6 Å². The molecule has 1 aliphatic rings. The van der Waals surface area contributed by atoms with Gasteiger partial charge in [0.1, 0.15) is 6.04 Å². The molecule has 4 aromatic rings. The Bertz CT molecular complexity index is 1790. The van der Waals surface area contributed by atoms with Gasteiger partial charge in [-0.15, -0.1) is 0 Å². The number of nitrogens with one attached hydrogen (secondary N) is 4. The van der Waals surface area contributed by atoms with Crippen molar-refractivity contribution in [1.82, 2.24) is 10.3 Å². The summed E-state index contributed by atoms with van der Waals surface area (Å²) in [5.74, 6) is 1.69. The molecule has 0 radical (unpaired) electrons. The fourth-order valence-corrected chi connectivity index (χ4v) is 6.40. The molecule has 5 rings (SSSR count). The number of fused-ring (bicyclic) bond motifs is 4. The lowest BCUT2D eigenvalue weighted by atomic mass is 9.95. The molecule has 0 spiro atoms. The molecule has 11 heteroatoms. The molecular weight excluding hydrogens is 592 g/mol. The molecule has 1 heterocycles. The van der Waals surface area contributed by atoms with Gasteiger partial charge in [0.15, 0.2) is 11.5 Å². The van der Waals surface area contributed by atoms with Gasteiger partial charge in [-0.2, -0.15) is 11.8 Å². The fourth-order valence-electron chi connectivity index (χ4n) is 5.93. The summed E-state index contributed by atoms with van der Waals surface area (Å²) < 4.78 is 17.2. The molecule has 10 nitrogen and oxygen atoms in total. The number of aryl methyl sites for hydroxylation is 1. The van der Waals surface area contributed by atoms with Crippen molar-refractivity contribution in [3.63, 3.8) is 0 Å². The highest BCUT2D eigenvalue weighted by atomic mass is 32.2. The summed E-state index contributed by atoms with van der Waals surface area (Å²) >= 11 is 1.62. The van der Waals surface area contributed by atoms with Crippen molar-refractivity contribution >= 4 is 45.9 Å². The Hall–Kier alpha value is -4.64. The van der Waals surface area contributed by atoms with Crippen molar-refractivity contribution in [1.29, 1.82) is 0 Å². The number of anilines is 2. The lowest BCUT2D eigenvalue weighted by Crippen LogP contribution is -2.36. The highest BCUT2D eigenvalue weighted by Gasteiger charge is 2.30. The number of hydrogen-bond acceptors (Lipinski definition) is 8. The van der Waals surface area contributed by atoms with Gasteiger partial charge in [0.25, 0.3) is 0 Å². The number of amides is 2. The Labute approximate surface area is 266 Å². The molecule has 0 bridgehead atoms. The molecule has 0 saturated carbocycles. The summed E-state index contributed by atoms with van der Waals surface area (Å²) in [6, 6.07) is 13.5. The quantitative estimate of drug-likeness (QED) is 0.171. The number of rotatable bonds is 11. The second kappa shape index (κ2) is 14.0. The van der Waals surface area contributed by atoms with Crippen molar-refractivity contribution in [2.45, 2.75) is 38.3 Å². The Morgan fingerprint density at radius 2 is 1.82 bits per heavy atom. The topological polar surface area (TPSA) is 131 Å². The third kappa shape index (κ3) is 6.58. The van der Waals surface area contributed by atoms with Crippen LogP contribution in [0, 0.1) is 0 Å². The zero-order valence-corrected chi connectivity index (χ0v) is 26.9. The van der Waals surface area contributed by atoms with Gasteiger partial charge in [0, 0.05) is 29.6 Å². The number of thioether (sulfide) groups is 1. The van der Waals surface area contributed by atoms with Crippen molar-refractivity contribution in [2.75, 3.05) is 44.0 Å². The van der Waals surface area contributed by atoms with Gasteiger partial charge in [-0.3, -0.25) is 14.4 Å². The predicted molar refractivity (Wildman–Crippen MR) is 180 cm³/mol. The first kappa shape index (κ1) is 31.8. The highest BCUT2D eigenvalue weighted by molar-refractivity contribution is 7.98. The Kier molecular flexibility index (Phi) is 9.87. The maximum absolute atomic E-state index is 13.9. The van der Waals surface area contributed by atoms with E-state index in [9.17, 15) is 14.4 Å². The first-order valence-electron chi connectivity index (χ1n) is 14.7. The second-order valence-electron chi connectivity index (χ2n) is 10.8. The fraction of sp³-hybridized carbons (Fsp3) is 0.324. The SMILES string of the molecule is COc1cc2c(c(OC)c1OC)-c1ccc(N[C@@H](CCSC)C(=O)Nc3cccc4[nH]ccc34)c(=O)cc1[C@@H](NC(C)=O)CC2. The summed E-state index contributed by atoms with van der Waals surface area (Å²) in [6.45, 7) is 1.46. The van der Waals surface area contributed by atoms with Crippen LogP contribution in [0.4, 0.5) is 11.4 Å². The van der Waals surface area contributed by atoms with E-state index >= 15 is 0 Å². The Morgan fingerprint density at radius 1 is 1.02 bits per heavy atom. The molecule has 2 amide bonds. The molecule has 2 atom stereocenters. The van der Waals surface area contributed by atoms with Gasteiger partial charge in [-0.25, -0.2) is 0 Å². The number of H-pyrrole nitrogens is 1. The van der Waals surface area contributed by atoms with Crippen molar-refractivity contribution in [3.05, 3.63) is 76.1 Å². The molecule has 3 aromatic carbocycles. The van der Waals surface area contributed by atoms with Gasteiger partial charge >= 0.3 is 0 Å². The Balaban J connectivity index is 1.60. The molecule has 1 aromatic heterocycles. The molecule has 1 aliphatic carbocycles. The van der Waals surface area contributed by atoms with Crippen molar-refractivity contribution in [3.8, 4) is 28.4 Å². The van der Waals surface area contributed by atoms with E-state index in [4.69, 9.17) is 14.2 Å². The first-order valence-corrected chi connectivity index (χ1v) is 16.1.